The van der Waals surface area contributed by atoms with Crippen LogP contribution < -0.4 is 10.6 Å². The Morgan fingerprint density at radius 3 is 2.55 bits per heavy atom. The Hall–Kier alpha value is -1.30. The number of hydrogen-bond donors (Lipinski definition) is 3. The summed E-state index contributed by atoms with van der Waals surface area (Å²) in [6.45, 7) is 1.80. The maximum absolute atomic E-state index is 11.7. The zero-order valence-corrected chi connectivity index (χ0v) is 12.5. The zero-order valence-electron chi connectivity index (χ0n) is 11.0. The average molecular weight is 319 g/mol. The van der Waals surface area contributed by atoms with E-state index in [4.69, 9.17) is 28.3 Å². The molecular formula is C13H16Cl2N2O3. The molecule has 0 spiro atoms. The first-order valence-corrected chi connectivity index (χ1v) is 6.91. The van der Waals surface area contributed by atoms with Crippen molar-refractivity contribution in [1.29, 1.82) is 0 Å². The third-order valence-electron chi connectivity index (χ3n) is 2.69. The van der Waals surface area contributed by atoms with Crippen molar-refractivity contribution in [2.45, 2.75) is 25.8 Å². The van der Waals surface area contributed by atoms with Crippen LogP contribution in [0.5, 0.6) is 0 Å². The molecule has 0 aliphatic carbocycles. The summed E-state index contributed by atoms with van der Waals surface area (Å²) >= 11 is 11.6. The molecule has 1 aromatic rings. The van der Waals surface area contributed by atoms with Gasteiger partial charge in [0.05, 0.1) is 10.7 Å². The van der Waals surface area contributed by atoms with Crippen molar-refractivity contribution in [1.82, 2.24) is 5.32 Å². The van der Waals surface area contributed by atoms with Crippen LogP contribution in [0.25, 0.3) is 0 Å². The summed E-state index contributed by atoms with van der Waals surface area (Å²) < 4.78 is 0. The van der Waals surface area contributed by atoms with Gasteiger partial charge < -0.3 is 15.7 Å². The molecule has 7 heteroatoms. The summed E-state index contributed by atoms with van der Waals surface area (Å²) in [5.41, 5.74) is 0.312. The minimum absolute atomic E-state index is 0.0522. The van der Waals surface area contributed by atoms with Crippen LogP contribution in [0.3, 0.4) is 0 Å². The Morgan fingerprint density at radius 1 is 1.30 bits per heavy atom. The topological polar surface area (TPSA) is 78.4 Å². The van der Waals surface area contributed by atoms with E-state index in [0.29, 0.717) is 23.6 Å². The fourth-order valence-corrected chi connectivity index (χ4v) is 2.01. The van der Waals surface area contributed by atoms with Gasteiger partial charge in [-0.1, -0.05) is 30.1 Å². The first kappa shape index (κ1) is 16.8. The predicted octanol–water partition coefficient (Wildman–Crippen LogP) is 2.21. The van der Waals surface area contributed by atoms with Gasteiger partial charge in [-0.05, 0) is 31.0 Å². The van der Waals surface area contributed by atoms with E-state index < -0.39 is 11.8 Å². The van der Waals surface area contributed by atoms with Gasteiger partial charge in [-0.2, -0.15) is 0 Å². The SMILES string of the molecule is CCC(CCO)NC(=O)C(=O)Nc1ccc(Cl)cc1Cl. The van der Waals surface area contributed by atoms with Crippen LogP contribution in [0, 0.1) is 0 Å². The molecule has 0 aliphatic heterocycles. The number of amides is 2. The molecular weight excluding hydrogens is 303 g/mol. The molecule has 1 aromatic carbocycles. The largest absolute Gasteiger partial charge is 0.396 e. The van der Waals surface area contributed by atoms with Crippen molar-refractivity contribution in [2.24, 2.45) is 0 Å². The Labute approximate surface area is 127 Å². The predicted molar refractivity (Wildman–Crippen MR) is 79.0 cm³/mol. The second-order valence-electron chi connectivity index (χ2n) is 4.17. The van der Waals surface area contributed by atoms with Crippen LogP contribution in [-0.4, -0.2) is 29.6 Å². The van der Waals surface area contributed by atoms with E-state index in [-0.39, 0.29) is 17.7 Å². The van der Waals surface area contributed by atoms with Crippen molar-refractivity contribution >= 4 is 40.7 Å². The van der Waals surface area contributed by atoms with Gasteiger partial charge in [-0.3, -0.25) is 9.59 Å². The molecule has 0 saturated heterocycles. The third kappa shape index (κ3) is 5.00. The monoisotopic (exact) mass is 318 g/mol. The lowest BCUT2D eigenvalue weighted by Crippen LogP contribution is -2.42. The molecule has 3 N–H and O–H groups in total. The molecule has 110 valence electrons. The molecule has 1 unspecified atom stereocenters. The number of aliphatic hydroxyl groups is 1. The Morgan fingerprint density at radius 2 is 2.00 bits per heavy atom. The zero-order chi connectivity index (χ0) is 15.1. The molecule has 0 radical (unpaired) electrons. The summed E-state index contributed by atoms with van der Waals surface area (Å²) in [5, 5.41) is 14.5. The van der Waals surface area contributed by atoms with Crippen molar-refractivity contribution in [2.75, 3.05) is 11.9 Å². The van der Waals surface area contributed by atoms with Crippen molar-refractivity contribution in [3.05, 3.63) is 28.2 Å². The molecule has 0 bridgehead atoms. The van der Waals surface area contributed by atoms with E-state index in [1.165, 1.54) is 12.1 Å². The molecule has 0 aliphatic rings. The minimum Gasteiger partial charge on any atom is -0.396 e. The van der Waals surface area contributed by atoms with E-state index in [9.17, 15) is 9.59 Å². The third-order valence-corrected chi connectivity index (χ3v) is 3.24. The van der Waals surface area contributed by atoms with Gasteiger partial charge in [-0.25, -0.2) is 0 Å². The van der Waals surface area contributed by atoms with Gasteiger partial charge in [0.1, 0.15) is 0 Å². The quantitative estimate of drug-likeness (QED) is 0.728. The van der Waals surface area contributed by atoms with E-state index in [0.717, 1.165) is 0 Å². The van der Waals surface area contributed by atoms with E-state index in [2.05, 4.69) is 10.6 Å². The number of hydrogen-bond acceptors (Lipinski definition) is 3. The summed E-state index contributed by atoms with van der Waals surface area (Å²) in [6, 6.07) is 4.30. The van der Waals surface area contributed by atoms with Gasteiger partial charge in [0.25, 0.3) is 0 Å². The highest BCUT2D eigenvalue weighted by Gasteiger charge is 2.18. The van der Waals surface area contributed by atoms with Crippen molar-refractivity contribution in [3.63, 3.8) is 0 Å². The highest BCUT2D eigenvalue weighted by Crippen LogP contribution is 2.25. The molecule has 0 saturated carbocycles. The molecule has 0 heterocycles. The number of carbonyl (C=O) groups excluding carboxylic acids is 2. The maximum Gasteiger partial charge on any atom is 0.313 e. The molecule has 0 aromatic heterocycles. The number of carbonyl (C=O) groups is 2. The lowest BCUT2D eigenvalue weighted by Gasteiger charge is -2.15. The van der Waals surface area contributed by atoms with E-state index in [1.807, 2.05) is 6.92 Å². The maximum atomic E-state index is 11.7. The second kappa shape index (κ2) is 8.09. The fourth-order valence-electron chi connectivity index (χ4n) is 1.56. The normalized spacial score (nSPS) is 11.8. The number of nitrogens with one attached hydrogen (secondary N) is 2. The highest BCUT2D eigenvalue weighted by molar-refractivity contribution is 6.42. The minimum atomic E-state index is -0.814. The standard InChI is InChI=1S/C13H16Cl2N2O3/c1-2-9(5-6-18)16-12(19)13(20)17-11-4-3-8(14)7-10(11)15/h3-4,7,9,18H,2,5-6H2,1H3,(H,16,19)(H,17,20). The van der Waals surface area contributed by atoms with Crippen LogP contribution in [0.1, 0.15) is 19.8 Å². The molecule has 1 rings (SSSR count). The van der Waals surface area contributed by atoms with Gasteiger partial charge in [0, 0.05) is 17.7 Å². The smallest absolute Gasteiger partial charge is 0.313 e. The first-order chi connectivity index (χ1) is 9.47. The van der Waals surface area contributed by atoms with E-state index >= 15 is 0 Å². The lowest BCUT2D eigenvalue weighted by atomic mass is 10.1. The molecule has 20 heavy (non-hydrogen) atoms. The summed E-state index contributed by atoms with van der Waals surface area (Å²) in [5.74, 6) is -1.58. The van der Waals surface area contributed by atoms with Crippen LogP contribution in [0.15, 0.2) is 18.2 Å². The van der Waals surface area contributed by atoms with Gasteiger partial charge in [-0.15, -0.1) is 0 Å². The van der Waals surface area contributed by atoms with Crippen LogP contribution in [0.2, 0.25) is 10.0 Å². The number of aliphatic hydroxyl groups excluding tert-OH is 1. The van der Waals surface area contributed by atoms with Gasteiger partial charge in [0.15, 0.2) is 0 Å². The molecule has 5 nitrogen and oxygen atoms in total. The number of anilines is 1. The Balaban J connectivity index is 2.63. The summed E-state index contributed by atoms with van der Waals surface area (Å²) in [4.78, 5) is 23.4. The number of rotatable bonds is 5. The molecule has 2 amide bonds. The van der Waals surface area contributed by atoms with Crippen LogP contribution in [0.4, 0.5) is 5.69 Å². The van der Waals surface area contributed by atoms with Gasteiger partial charge in [0.2, 0.25) is 0 Å². The number of halogens is 2. The van der Waals surface area contributed by atoms with Crippen molar-refractivity contribution in [3.8, 4) is 0 Å². The van der Waals surface area contributed by atoms with Crippen molar-refractivity contribution < 1.29 is 14.7 Å². The van der Waals surface area contributed by atoms with E-state index in [1.54, 1.807) is 6.07 Å². The Bertz CT molecular complexity index is 495. The molecule has 0 fully saturated rings. The Kier molecular flexibility index (Phi) is 6.78. The lowest BCUT2D eigenvalue weighted by molar-refractivity contribution is -0.136. The summed E-state index contributed by atoms with van der Waals surface area (Å²) in [6.07, 6.45) is 1.03. The summed E-state index contributed by atoms with van der Waals surface area (Å²) in [7, 11) is 0. The number of benzene rings is 1. The average Bonchev–Trinajstić information content (AvgIpc) is 2.41. The van der Waals surface area contributed by atoms with Crippen LogP contribution in [-0.2, 0) is 9.59 Å². The molecule has 1 atom stereocenters. The first-order valence-electron chi connectivity index (χ1n) is 6.15. The highest BCUT2D eigenvalue weighted by atomic mass is 35.5. The van der Waals surface area contributed by atoms with Gasteiger partial charge >= 0.3 is 11.8 Å². The van der Waals surface area contributed by atoms with Crippen LogP contribution >= 0.6 is 23.2 Å². The second-order valence-corrected chi connectivity index (χ2v) is 5.01. The fraction of sp³-hybridized carbons (Fsp3) is 0.385.